The summed E-state index contributed by atoms with van der Waals surface area (Å²) in [7, 11) is 0. The van der Waals surface area contributed by atoms with Crippen molar-refractivity contribution in [2.45, 2.75) is 24.4 Å². The Morgan fingerprint density at radius 2 is 2.16 bits per heavy atom. The zero-order chi connectivity index (χ0) is 13.6. The SMILES string of the molecule is O=c1[nH]c2ccc(C(F)(F)F)cc2n1C1CCCS1. The van der Waals surface area contributed by atoms with E-state index >= 15 is 0 Å². The molecule has 7 heteroatoms. The number of halogens is 3. The van der Waals surface area contributed by atoms with E-state index in [1.54, 1.807) is 11.8 Å². The second-order valence-corrected chi connectivity index (χ2v) is 5.78. The highest BCUT2D eigenvalue weighted by Crippen LogP contribution is 2.37. The summed E-state index contributed by atoms with van der Waals surface area (Å²) in [5.41, 5.74) is -0.283. The quantitative estimate of drug-likeness (QED) is 0.873. The lowest BCUT2D eigenvalue weighted by Crippen LogP contribution is -2.19. The van der Waals surface area contributed by atoms with E-state index < -0.39 is 11.7 Å². The van der Waals surface area contributed by atoms with Crippen LogP contribution < -0.4 is 5.69 Å². The van der Waals surface area contributed by atoms with Crippen LogP contribution in [0.5, 0.6) is 0 Å². The van der Waals surface area contributed by atoms with Gasteiger partial charge in [0.05, 0.1) is 22.0 Å². The molecule has 1 unspecified atom stereocenters. The van der Waals surface area contributed by atoms with E-state index in [9.17, 15) is 18.0 Å². The first-order chi connectivity index (χ1) is 8.97. The van der Waals surface area contributed by atoms with Gasteiger partial charge in [0.1, 0.15) is 0 Å². The van der Waals surface area contributed by atoms with Gasteiger partial charge in [0.15, 0.2) is 0 Å². The molecule has 102 valence electrons. The molecular weight excluding hydrogens is 277 g/mol. The van der Waals surface area contributed by atoms with Gasteiger partial charge in [0.25, 0.3) is 0 Å². The highest BCUT2D eigenvalue weighted by atomic mass is 32.2. The van der Waals surface area contributed by atoms with Crippen LogP contribution in [-0.4, -0.2) is 15.3 Å². The molecule has 1 aromatic carbocycles. The molecule has 1 aromatic heterocycles. The predicted octanol–water partition coefficient (Wildman–Crippen LogP) is 3.37. The normalized spacial score (nSPS) is 20.3. The minimum absolute atomic E-state index is 0.0651. The second kappa shape index (κ2) is 4.33. The van der Waals surface area contributed by atoms with Crippen molar-refractivity contribution in [2.75, 3.05) is 5.75 Å². The lowest BCUT2D eigenvalue weighted by Gasteiger charge is -2.12. The Hall–Kier alpha value is -1.37. The number of aromatic nitrogens is 2. The summed E-state index contributed by atoms with van der Waals surface area (Å²) in [5.74, 6) is 0.933. The molecule has 1 N–H and O–H groups in total. The van der Waals surface area contributed by atoms with E-state index in [0.29, 0.717) is 11.0 Å². The van der Waals surface area contributed by atoms with Gasteiger partial charge in [0, 0.05) is 0 Å². The Balaban J connectivity index is 2.20. The summed E-state index contributed by atoms with van der Waals surface area (Å²) in [6.07, 6.45) is -2.60. The number of alkyl halides is 3. The number of fused-ring (bicyclic) bond motifs is 1. The lowest BCUT2D eigenvalue weighted by atomic mass is 10.2. The Bertz CT molecular complexity index is 668. The highest BCUT2D eigenvalue weighted by molar-refractivity contribution is 7.99. The van der Waals surface area contributed by atoms with E-state index in [1.165, 1.54) is 10.6 Å². The number of nitrogens with one attached hydrogen (secondary N) is 1. The fourth-order valence-electron chi connectivity index (χ4n) is 2.35. The summed E-state index contributed by atoms with van der Waals surface area (Å²) in [4.78, 5) is 14.5. The molecule has 0 spiro atoms. The predicted molar refractivity (Wildman–Crippen MR) is 68.3 cm³/mol. The van der Waals surface area contributed by atoms with Crippen LogP contribution in [0.15, 0.2) is 23.0 Å². The Labute approximate surface area is 110 Å². The fourth-order valence-corrected chi connectivity index (χ4v) is 3.65. The zero-order valence-corrected chi connectivity index (χ0v) is 10.6. The van der Waals surface area contributed by atoms with Gasteiger partial charge < -0.3 is 4.98 Å². The average molecular weight is 288 g/mol. The van der Waals surface area contributed by atoms with Crippen LogP contribution in [0.2, 0.25) is 0 Å². The third-order valence-corrected chi connectivity index (χ3v) is 4.59. The summed E-state index contributed by atoms with van der Waals surface area (Å²) < 4.78 is 39.6. The first kappa shape index (κ1) is 12.7. The van der Waals surface area contributed by atoms with Crippen molar-refractivity contribution >= 4 is 22.8 Å². The minimum Gasteiger partial charge on any atom is -0.306 e. The molecule has 0 bridgehead atoms. The third-order valence-electron chi connectivity index (χ3n) is 3.24. The molecule has 2 aromatic rings. The second-order valence-electron chi connectivity index (χ2n) is 4.50. The number of imidazole rings is 1. The molecule has 0 saturated carbocycles. The number of thioether (sulfide) groups is 1. The first-order valence-electron chi connectivity index (χ1n) is 5.90. The largest absolute Gasteiger partial charge is 0.416 e. The molecule has 3 nitrogen and oxygen atoms in total. The van der Waals surface area contributed by atoms with Crippen LogP contribution >= 0.6 is 11.8 Å². The van der Waals surface area contributed by atoms with Crippen LogP contribution in [0, 0.1) is 0 Å². The van der Waals surface area contributed by atoms with E-state index in [-0.39, 0.29) is 11.1 Å². The standard InChI is InChI=1S/C12H11F3N2OS/c13-12(14,15)7-3-4-8-9(6-7)17(11(18)16-8)10-2-1-5-19-10/h3-4,6,10H,1-2,5H2,(H,16,18). The Morgan fingerprint density at radius 1 is 1.37 bits per heavy atom. The van der Waals surface area contributed by atoms with Gasteiger partial charge in [0.2, 0.25) is 0 Å². The van der Waals surface area contributed by atoms with E-state index in [4.69, 9.17) is 0 Å². The van der Waals surface area contributed by atoms with Crippen LogP contribution in [0.1, 0.15) is 23.8 Å². The van der Waals surface area contributed by atoms with Gasteiger partial charge in [-0.25, -0.2) is 4.79 Å². The number of nitrogens with zero attached hydrogens (tertiary/aromatic N) is 1. The molecule has 1 aliphatic heterocycles. The van der Waals surface area contributed by atoms with E-state index in [2.05, 4.69) is 4.98 Å². The van der Waals surface area contributed by atoms with Gasteiger partial charge in [-0.1, -0.05) is 0 Å². The van der Waals surface area contributed by atoms with E-state index in [1.807, 2.05) is 0 Å². The van der Waals surface area contributed by atoms with Crippen LogP contribution in [0.3, 0.4) is 0 Å². The molecule has 0 amide bonds. The number of hydrogen-bond donors (Lipinski definition) is 1. The molecule has 1 fully saturated rings. The zero-order valence-electron chi connectivity index (χ0n) is 9.83. The number of aromatic amines is 1. The molecular formula is C12H11F3N2OS. The molecule has 1 atom stereocenters. The smallest absolute Gasteiger partial charge is 0.306 e. The lowest BCUT2D eigenvalue weighted by molar-refractivity contribution is -0.137. The average Bonchev–Trinajstić information content (AvgIpc) is 2.92. The third kappa shape index (κ3) is 2.16. The first-order valence-corrected chi connectivity index (χ1v) is 6.95. The van der Waals surface area contributed by atoms with Crippen molar-refractivity contribution in [3.05, 3.63) is 34.2 Å². The van der Waals surface area contributed by atoms with Crippen LogP contribution in [0.25, 0.3) is 11.0 Å². The van der Waals surface area contributed by atoms with Crippen molar-refractivity contribution in [2.24, 2.45) is 0 Å². The van der Waals surface area contributed by atoms with Gasteiger partial charge in [-0.05, 0) is 36.8 Å². The van der Waals surface area contributed by atoms with Crippen molar-refractivity contribution in [3.8, 4) is 0 Å². The van der Waals surface area contributed by atoms with Gasteiger partial charge in [-0.3, -0.25) is 4.57 Å². The van der Waals surface area contributed by atoms with Crippen LogP contribution in [0.4, 0.5) is 13.2 Å². The molecule has 0 radical (unpaired) electrons. The number of hydrogen-bond acceptors (Lipinski definition) is 2. The van der Waals surface area contributed by atoms with Crippen LogP contribution in [-0.2, 0) is 6.18 Å². The van der Waals surface area contributed by atoms with Gasteiger partial charge in [-0.15, -0.1) is 11.8 Å². The van der Waals surface area contributed by atoms with Gasteiger partial charge >= 0.3 is 11.9 Å². The molecule has 3 rings (SSSR count). The highest BCUT2D eigenvalue weighted by Gasteiger charge is 2.31. The van der Waals surface area contributed by atoms with Crippen molar-refractivity contribution in [3.63, 3.8) is 0 Å². The monoisotopic (exact) mass is 288 g/mol. The van der Waals surface area contributed by atoms with Gasteiger partial charge in [-0.2, -0.15) is 13.2 Å². The van der Waals surface area contributed by atoms with Crippen molar-refractivity contribution < 1.29 is 13.2 Å². The summed E-state index contributed by atoms with van der Waals surface area (Å²) in [6, 6.07) is 3.35. The number of H-pyrrole nitrogens is 1. The summed E-state index contributed by atoms with van der Waals surface area (Å²) >= 11 is 1.60. The fraction of sp³-hybridized carbons (Fsp3) is 0.417. The molecule has 2 heterocycles. The van der Waals surface area contributed by atoms with Crippen molar-refractivity contribution in [1.29, 1.82) is 0 Å². The molecule has 19 heavy (non-hydrogen) atoms. The molecule has 0 aliphatic carbocycles. The topological polar surface area (TPSA) is 37.8 Å². The Kier molecular flexibility index (Phi) is 2.88. The number of benzene rings is 1. The maximum Gasteiger partial charge on any atom is 0.416 e. The van der Waals surface area contributed by atoms with E-state index in [0.717, 1.165) is 30.7 Å². The molecule has 1 aliphatic rings. The summed E-state index contributed by atoms with van der Waals surface area (Å²) in [6.45, 7) is 0. The van der Waals surface area contributed by atoms with Crippen molar-refractivity contribution in [1.82, 2.24) is 9.55 Å². The minimum atomic E-state index is -4.39. The maximum absolute atomic E-state index is 12.7. The maximum atomic E-state index is 12.7. The number of rotatable bonds is 1. The Morgan fingerprint density at radius 3 is 2.79 bits per heavy atom. The molecule has 1 saturated heterocycles. The summed E-state index contributed by atoms with van der Waals surface area (Å²) in [5, 5.41) is -0.0651.